The summed E-state index contributed by atoms with van der Waals surface area (Å²) < 4.78 is 8.59. The first-order valence-corrected chi connectivity index (χ1v) is 8.71. The summed E-state index contributed by atoms with van der Waals surface area (Å²) in [4.78, 5) is 0. The molecule has 0 unspecified atom stereocenters. The maximum absolute atomic E-state index is 6.46. The molecule has 0 fully saturated rings. The third kappa shape index (κ3) is 2.44. The summed E-state index contributed by atoms with van der Waals surface area (Å²) in [5.41, 5.74) is 4.39. The second-order valence-corrected chi connectivity index (χ2v) is 6.30. The van der Waals surface area contributed by atoms with Gasteiger partial charge in [-0.15, -0.1) is 0 Å². The van der Waals surface area contributed by atoms with Gasteiger partial charge in [-0.05, 0) is 29.8 Å². The van der Waals surface area contributed by atoms with Gasteiger partial charge in [-0.3, -0.25) is 4.57 Å². The molecule has 3 aromatic carbocycles. The molecule has 2 nitrogen and oxygen atoms in total. The van der Waals surface area contributed by atoms with E-state index in [0.717, 1.165) is 33.8 Å². The van der Waals surface area contributed by atoms with E-state index in [-0.39, 0.29) is 0 Å². The third-order valence-electron chi connectivity index (χ3n) is 4.69. The smallest absolute Gasteiger partial charge is 0.212 e. The van der Waals surface area contributed by atoms with Gasteiger partial charge in [0.2, 0.25) is 5.88 Å². The van der Waals surface area contributed by atoms with Crippen LogP contribution >= 0.6 is 0 Å². The number of fused-ring (bicyclic) bond motifs is 2. The second kappa shape index (κ2) is 6.08. The molecule has 5 rings (SSSR count). The van der Waals surface area contributed by atoms with E-state index >= 15 is 0 Å². The molecule has 0 radical (unpaired) electrons. The maximum atomic E-state index is 6.46. The van der Waals surface area contributed by atoms with E-state index in [9.17, 15) is 0 Å². The number of allylic oxidation sites excluding steroid dienone is 2. The van der Waals surface area contributed by atoms with Crippen LogP contribution in [-0.2, 0) is 0 Å². The molecular weight excluding hydrogens is 318 g/mol. The predicted octanol–water partition coefficient (Wildman–Crippen LogP) is 6.07. The maximum Gasteiger partial charge on any atom is 0.212 e. The molecule has 124 valence electrons. The quantitative estimate of drug-likeness (QED) is 0.433. The van der Waals surface area contributed by atoms with Crippen molar-refractivity contribution in [3.05, 3.63) is 108 Å². The summed E-state index contributed by atoms with van der Waals surface area (Å²) in [6, 6.07) is 29.0. The minimum absolute atomic E-state index is 0.818. The fraction of sp³-hybridized carbons (Fsp3) is 0. The molecule has 2 heteroatoms. The Morgan fingerprint density at radius 3 is 2.35 bits per heavy atom. The van der Waals surface area contributed by atoms with Crippen molar-refractivity contribution in [3.63, 3.8) is 0 Å². The predicted molar refractivity (Wildman–Crippen MR) is 108 cm³/mol. The van der Waals surface area contributed by atoms with Crippen molar-refractivity contribution < 1.29 is 4.74 Å². The zero-order chi connectivity index (χ0) is 17.3. The van der Waals surface area contributed by atoms with Gasteiger partial charge < -0.3 is 4.74 Å². The highest BCUT2D eigenvalue weighted by atomic mass is 16.5. The van der Waals surface area contributed by atoms with Crippen molar-refractivity contribution in [2.45, 2.75) is 0 Å². The van der Waals surface area contributed by atoms with E-state index < -0.39 is 0 Å². The van der Waals surface area contributed by atoms with Crippen LogP contribution in [0.3, 0.4) is 0 Å². The lowest BCUT2D eigenvalue weighted by molar-refractivity contribution is 0.484. The number of para-hydroxylation sites is 2. The standard InChI is InChI=1S/C24H17NO/c1-2-8-18(9-3-1)21-15-14-20-11-5-7-13-23(20)26-24(21)25-17-16-19-10-4-6-12-22(19)25/h1-17H. The van der Waals surface area contributed by atoms with Gasteiger partial charge in [0, 0.05) is 22.7 Å². The zero-order valence-corrected chi connectivity index (χ0v) is 14.2. The molecule has 0 atom stereocenters. The molecule has 2 heterocycles. The largest absolute Gasteiger partial charge is 0.439 e. The average molecular weight is 335 g/mol. The topological polar surface area (TPSA) is 14.2 Å². The van der Waals surface area contributed by atoms with Crippen LogP contribution in [0.1, 0.15) is 11.1 Å². The van der Waals surface area contributed by atoms with Crippen molar-refractivity contribution in [1.29, 1.82) is 0 Å². The Balaban J connectivity index is 1.79. The van der Waals surface area contributed by atoms with Crippen molar-refractivity contribution in [2.75, 3.05) is 0 Å². The number of ether oxygens (including phenoxy) is 1. The van der Waals surface area contributed by atoms with Gasteiger partial charge in [0.05, 0.1) is 5.52 Å². The first kappa shape index (κ1) is 14.8. The highest BCUT2D eigenvalue weighted by Gasteiger charge is 2.18. The monoisotopic (exact) mass is 335 g/mol. The molecule has 1 aliphatic heterocycles. The van der Waals surface area contributed by atoms with Crippen LogP contribution in [-0.4, -0.2) is 4.57 Å². The van der Waals surface area contributed by atoms with Gasteiger partial charge in [0.25, 0.3) is 0 Å². The van der Waals surface area contributed by atoms with E-state index in [2.05, 4.69) is 83.6 Å². The van der Waals surface area contributed by atoms with E-state index in [1.54, 1.807) is 0 Å². The van der Waals surface area contributed by atoms with Crippen molar-refractivity contribution in [2.24, 2.45) is 0 Å². The van der Waals surface area contributed by atoms with E-state index in [1.807, 2.05) is 24.3 Å². The average Bonchev–Trinajstić information content (AvgIpc) is 3.03. The van der Waals surface area contributed by atoms with Crippen LogP contribution in [0.5, 0.6) is 5.75 Å². The molecule has 0 saturated carbocycles. The van der Waals surface area contributed by atoms with Crippen LogP contribution in [0.25, 0.3) is 28.4 Å². The minimum atomic E-state index is 0.818. The van der Waals surface area contributed by atoms with Gasteiger partial charge in [-0.25, -0.2) is 0 Å². The van der Waals surface area contributed by atoms with Gasteiger partial charge in [0.1, 0.15) is 5.75 Å². The highest BCUT2D eigenvalue weighted by molar-refractivity contribution is 5.95. The SMILES string of the molecule is C1=Cc2ccccc2OC(n2ccc3ccccc32)=C1c1ccccc1. The molecule has 0 bridgehead atoms. The Bertz CT molecular complexity index is 1150. The summed E-state index contributed by atoms with van der Waals surface area (Å²) in [7, 11) is 0. The molecule has 0 spiro atoms. The van der Waals surface area contributed by atoms with Gasteiger partial charge in [-0.2, -0.15) is 0 Å². The molecule has 0 aliphatic carbocycles. The number of benzene rings is 3. The van der Waals surface area contributed by atoms with Crippen molar-refractivity contribution in [1.82, 2.24) is 4.57 Å². The number of nitrogens with zero attached hydrogens (tertiary/aromatic N) is 1. The minimum Gasteiger partial charge on any atom is -0.439 e. The lowest BCUT2D eigenvalue weighted by Crippen LogP contribution is -2.06. The van der Waals surface area contributed by atoms with Gasteiger partial charge >= 0.3 is 0 Å². The second-order valence-electron chi connectivity index (χ2n) is 6.30. The summed E-state index contributed by atoms with van der Waals surface area (Å²) in [5.74, 6) is 1.68. The first-order valence-electron chi connectivity index (χ1n) is 8.71. The van der Waals surface area contributed by atoms with Crippen molar-refractivity contribution in [3.8, 4) is 5.75 Å². The van der Waals surface area contributed by atoms with Crippen LogP contribution in [0.2, 0.25) is 0 Å². The molecular formula is C24H17NO. The Kier molecular flexibility index (Phi) is 3.46. The Morgan fingerprint density at radius 1 is 0.654 bits per heavy atom. The van der Waals surface area contributed by atoms with Crippen molar-refractivity contribution >= 4 is 28.4 Å². The third-order valence-corrected chi connectivity index (χ3v) is 4.69. The summed E-state index contributed by atoms with van der Waals surface area (Å²) in [6.45, 7) is 0. The highest BCUT2D eigenvalue weighted by Crippen LogP contribution is 2.35. The van der Waals surface area contributed by atoms with E-state index in [0.29, 0.717) is 0 Å². The van der Waals surface area contributed by atoms with Crippen LogP contribution in [0.15, 0.2) is 97.2 Å². The van der Waals surface area contributed by atoms with Crippen LogP contribution < -0.4 is 4.74 Å². The number of aromatic nitrogens is 1. The van der Waals surface area contributed by atoms with E-state index in [1.165, 1.54) is 5.39 Å². The Hall–Kier alpha value is -3.52. The molecule has 0 amide bonds. The Morgan fingerprint density at radius 2 is 1.42 bits per heavy atom. The number of rotatable bonds is 2. The molecule has 26 heavy (non-hydrogen) atoms. The number of hydrogen-bond acceptors (Lipinski definition) is 1. The fourth-order valence-electron chi connectivity index (χ4n) is 3.39. The lowest BCUT2D eigenvalue weighted by atomic mass is 10.0. The molecule has 0 N–H and O–H groups in total. The molecule has 0 saturated heterocycles. The zero-order valence-electron chi connectivity index (χ0n) is 14.2. The molecule has 1 aliphatic rings. The fourth-order valence-corrected chi connectivity index (χ4v) is 3.39. The van der Waals surface area contributed by atoms with Crippen LogP contribution in [0, 0.1) is 0 Å². The van der Waals surface area contributed by atoms with E-state index in [4.69, 9.17) is 4.74 Å². The summed E-state index contributed by atoms with van der Waals surface area (Å²) in [5, 5.41) is 1.19. The molecule has 4 aromatic rings. The summed E-state index contributed by atoms with van der Waals surface area (Å²) >= 11 is 0. The Labute approximate surface area is 152 Å². The normalized spacial score (nSPS) is 13.4. The summed E-state index contributed by atoms with van der Waals surface area (Å²) in [6.07, 6.45) is 6.34. The van der Waals surface area contributed by atoms with Gasteiger partial charge in [0.15, 0.2) is 0 Å². The number of hydrogen-bond donors (Lipinski definition) is 0. The van der Waals surface area contributed by atoms with Gasteiger partial charge in [-0.1, -0.05) is 72.8 Å². The van der Waals surface area contributed by atoms with Crippen LogP contribution in [0.4, 0.5) is 0 Å². The molecule has 1 aromatic heterocycles. The first-order chi connectivity index (χ1) is 12.9. The lowest BCUT2D eigenvalue weighted by Gasteiger charge is -2.16.